The lowest BCUT2D eigenvalue weighted by atomic mass is 10.3. The van der Waals surface area contributed by atoms with Gasteiger partial charge in [0.15, 0.2) is 0 Å². The molecule has 0 aliphatic carbocycles. The Morgan fingerprint density at radius 3 is 2.80 bits per heavy atom. The standard InChI is InChI=1S/C13H14ClN3O3/c1-3-17-11(12(14)8(2)16-17)7-20-9-4-5-10(13(18)19)15-6-9/h4-6H,3,7H2,1-2H3,(H,18,19). The Bertz CT molecular complexity index is 623. The molecule has 0 saturated carbocycles. The Kier molecular flexibility index (Phi) is 4.24. The molecule has 2 heterocycles. The van der Waals surface area contributed by atoms with Gasteiger partial charge in [0, 0.05) is 6.54 Å². The quantitative estimate of drug-likeness (QED) is 0.917. The van der Waals surface area contributed by atoms with Gasteiger partial charge in [-0.15, -0.1) is 0 Å². The van der Waals surface area contributed by atoms with E-state index in [0.717, 1.165) is 11.4 Å². The van der Waals surface area contributed by atoms with Crippen LogP contribution >= 0.6 is 11.6 Å². The predicted octanol–water partition coefficient (Wildman–Crippen LogP) is 2.54. The third kappa shape index (κ3) is 2.91. The van der Waals surface area contributed by atoms with E-state index in [-0.39, 0.29) is 12.3 Å². The van der Waals surface area contributed by atoms with Crippen LogP contribution in [0.5, 0.6) is 5.75 Å². The van der Waals surface area contributed by atoms with Gasteiger partial charge in [-0.1, -0.05) is 11.6 Å². The lowest BCUT2D eigenvalue weighted by Crippen LogP contribution is -2.07. The molecule has 6 nitrogen and oxygen atoms in total. The molecule has 0 aromatic carbocycles. The van der Waals surface area contributed by atoms with Crippen molar-refractivity contribution in [1.29, 1.82) is 0 Å². The lowest BCUT2D eigenvalue weighted by molar-refractivity contribution is 0.0690. The molecule has 2 aromatic rings. The van der Waals surface area contributed by atoms with E-state index in [1.165, 1.54) is 12.3 Å². The van der Waals surface area contributed by atoms with Crippen molar-refractivity contribution < 1.29 is 14.6 Å². The monoisotopic (exact) mass is 295 g/mol. The van der Waals surface area contributed by atoms with E-state index in [9.17, 15) is 4.79 Å². The van der Waals surface area contributed by atoms with Gasteiger partial charge >= 0.3 is 5.97 Å². The van der Waals surface area contributed by atoms with E-state index in [1.54, 1.807) is 10.7 Å². The third-order valence-electron chi connectivity index (χ3n) is 2.78. The Hall–Kier alpha value is -2.08. The van der Waals surface area contributed by atoms with E-state index >= 15 is 0 Å². The number of hydrogen-bond acceptors (Lipinski definition) is 4. The molecule has 1 N–H and O–H groups in total. The first-order valence-electron chi connectivity index (χ1n) is 6.06. The normalized spacial score (nSPS) is 10.6. The van der Waals surface area contributed by atoms with Crippen LogP contribution in [-0.2, 0) is 13.2 Å². The molecule has 2 rings (SSSR count). The first kappa shape index (κ1) is 14.3. The molecular weight excluding hydrogens is 282 g/mol. The number of carbonyl (C=O) groups is 1. The largest absolute Gasteiger partial charge is 0.486 e. The van der Waals surface area contributed by atoms with Gasteiger partial charge in [-0.05, 0) is 26.0 Å². The van der Waals surface area contributed by atoms with Crippen molar-refractivity contribution in [1.82, 2.24) is 14.8 Å². The minimum absolute atomic E-state index is 0.0233. The minimum atomic E-state index is -1.07. The maximum absolute atomic E-state index is 10.7. The molecule has 106 valence electrons. The van der Waals surface area contributed by atoms with Crippen LogP contribution in [0.3, 0.4) is 0 Å². The molecule has 20 heavy (non-hydrogen) atoms. The van der Waals surface area contributed by atoms with Crippen molar-refractivity contribution >= 4 is 17.6 Å². The highest BCUT2D eigenvalue weighted by atomic mass is 35.5. The number of aromatic nitrogens is 3. The summed E-state index contributed by atoms with van der Waals surface area (Å²) in [6.07, 6.45) is 1.37. The number of carboxylic acid groups (broad SMARTS) is 1. The summed E-state index contributed by atoms with van der Waals surface area (Å²) in [6, 6.07) is 2.95. The van der Waals surface area contributed by atoms with Crippen LogP contribution in [0.25, 0.3) is 0 Å². The smallest absolute Gasteiger partial charge is 0.354 e. The average Bonchev–Trinajstić information content (AvgIpc) is 2.72. The Balaban J connectivity index is 2.10. The summed E-state index contributed by atoms with van der Waals surface area (Å²) in [5, 5.41) is 13.6. The summed E-state index contributed by atoms with van der Waals surface area (Å²) in [4.78, 5) is 14.5. The number of aromatic carboxylic acids is 1. The molecular formula is C13H14ClN3O3. The third-order valence-corrected chi connectivity index (χ3v) is 3.28. The molecule has 0 aliphatic heterocycles. The van der Waals surface area contributed by atoms with E-state index in [2.05, 4.69) is 10.1 Å². The molecule has 7 heteroatoms. The molecule has 0 unspecified atom stereocenters. The highest BCUT2D eigenvalue weighted by Crippen LogP contribution is 2.22. The fraction of sp³-hybridized carbons (Fsp3) is 0.308. The van der Waals surface area contributed by atoms with Crippen molar-refractivity contribution in [2.24, 2.45) is 0 Å². The van der Waals surface area contributed by atoms with Crippen LogP contribution in [0.1, 0.15) is 28.8 Å². The van der Waals surface area contributed by atoms with Gasteiger partial charge in [-0.2, -0.15) is 5.10 Å². The van der Waals surface area contributed by atoms with Crippen LogP contribution < -0.4 is 4.74 Å². The minimum Gasteiger partial charge on any atom is -0.486 e. The van der Waals surface area contributed by atoms with Crippen LogP contribution in [0.2, 0.25) is 5.02 Å². The number of pyridine rings is 1. The summed E-state index contributed by atoms with van der Waals surface area (Å²) in [5.74, 6) is -0.591. The van der Waals surface area contributed by atoms with Gasteiger partial charge in [-0.3, -0.25) is 4.68 Å². The van der Waals surface area contributed by atoms with E-state index < -0.39 is 5.97 Å². The number of hydrogen-bond donors (Lipinski definition) is 1. The maximum atomic E-state index is 10.7. The number of carboxylic acids is 1. The van der Waals surface area contributed by atoms with Crippen molar-refractivity contribution in [3.8, 4) is 5.75 Å². The SMILES string of the molecule is CCn1nc(C)c(Cl)c1COc1ccc(C(=O)O)nc1. The summed E-state index contributed by atoms with van der Waals surface area (Å²) >= 11 is 6.17. The molecule has 0 aliphatic rings. The first-order valence-corrected chi connectivity index (χ1v) is 6.44. The van der Waals surface area contributed by atoms with Crippen molar-refractivity contribution in [3.63, 3.8) is 0 Å². The topological polar surface area (TPSA) is 77.2 Å². The van der Waals surface area contributed by atoms with Gasteiger partial charge in [0.05, 0.1) is 22.6 Å². The predicted molar refractivity (Wildman–Crippen MR) is 73.2 cm³/mol. The average molecular weight is 296 g/mol. The zero-order chi connectivity index (χ0) is 14.7. The molecule has 0 atom stereocenters. The second-order valence-corrected chi connectivity index (χ2v) is 4.51. The zero-order valence-electron chi connectivity index (χ0n) is 11.1. The fourth-order valence-corrected chi connectivity index (χ4v) is 1.94. The molecule has 0 fully saturated rings. The number of aryl methyl sites for hydroxylation is 2. The van der Waals surface area contributed by atoms with Gasteiger partial charge in [0.2, 0.25) is 0 Å². The number of rotatable bonds is 5. The molecule has 0 spiro atoms. The second kappa shape index (κ2) is 5.92. The number of ether oxygens (including phenoxy) is 1. The maximum Gasteiger partial charge on any atom is 0.354 e. The van der Waals surface area contributed by atoms with Crippen LogP contribution in [-0.4, -0.2) is 25.8 Å². The van der Waals surface area contributed by atoms with E-state index in [0.29, 0.717) is 17.3 Å². The van der Waals surface area contributed by atoms with Crippen molar-refractivity contribution in [3.05, 3.63) is 40.4 Å². The van der Waals surface area contributed by atoms with Gasteiger partial charge in [-0.25, -0.2) is 9.78 Å². The fourth-order valence-electron chi connectivity index (χ4n) is 1.75. The molecule has 0 bridgehead atoms. The zero-order valence-corrected chi connectivity index (χ0v) is 11.9. The van der Waals surface area contributed by atoms with Crippen molar-refractivity contribution in [2.45, 2.75) is 27.0 Å². The molecule has 0 amide bonds. The highest BCUT2D eigenvalue weighted by molar-refractivity contribution is 6.31. The van der Waals surface area contributed by atoms with Crippen molar-refractivity contribution in [2.75, 3.05) is 0 Å². The molecule has 2 aromatic heterocycles. The summed E-state index contributed by atoms with van der Waals surface area (Å²) in [5.41, 5.74) is 1.52. The van der Waals surface area contributed by atoms with Crippen LogP contribution in [0.4, 0.5) is 0 Å². The van der Waals surface area contributed by atoms with Gasteiger partial charge in [0.25, 0.3) is 0 Å². The van der Waals surface area contributed by atoms with Gasteiger partial charge in [0.1, 0.15) is 18.1 Å². The van der Waals surface area contributed by atoms with E-state index in [4.69, 9.17) is 21.4 Å². The summed E-state index contributed by atoms with van der Waals surface area (Å²) in [6.45, 7) is 4.75. The van der Waals surface area contributed by atoms with E-state index in [1.807, 2.05) is 13.8 Å². The number of halogens is 1. The van der Waals surface area contributed by atoms with Gasteiger partial charge < -0.3 is 9.84 Å². The first-order chi connectivity index (χ1) is 9.52. The number of nitrogens with zero attached hydrogens (tertiary/aromatic N) is 3. The summed E-state index contributed by atoms with van der Waals surface area (Å²) < 4.78 is 7.34. The highest BCUT2D eigenvalue weighted by Gasteiger charge is 2.13. The Morgan fingerprint density at radius 2 is 2.25 bits per heavy atom. The molecule has 0 radical (unpaired) electrons. The Morgan fingerprint density at radius 1 is 1.50 bits per heavy atom. The van der Waals surface area contributed by atoms with Crippen LogP contribution in [0.15, 0.2) is 18.3 Å². The lowest BCUT2D eigenvalue weighted by Gasteiger charge is -2.08. The van der Waals surface area contributed by atoms with Crippen LogP contribution in [0, 0.1) is 6.92 Å². The second-order valence-electron chi connectivity index (χ2n) is 4.13. The summed E-state index contributed by atoms with van der Waals surface area (Å²) in [7, 11) is 0. The Labute approximate surface area is 121 Å². The molecule has 0 saturated heterocycles.